The van der Waals surface area contributed by atoms with Crippen LogP contribution in [0.4, 0.5) is 19.3 Å². The average Bonchev–Trinajstić information content (AvgIpc) is 3.15. The number of carbonyl (C=O) groups is 1. The van der Waals surface area contributed by atoms with E-state index in [-0.39, 0.29) is 17.0 Å². The van der Waals surface area contributed by atoms with Crippen LogP contribution in [0.2, 0.25) is 0 Å². The van der Waals surface area contributed by atoms with Crippen molar-refractivity contribution in [1.82, 2.24) is 15.3 Å². The molecule has 0 unspecified atom stereocenters. The zero-order valence-electron chi connectivity index (χ0n) is 19.1. The smallest absolute Gasteiger partial charge is 0.319 e. The summed E-state index contributed by atoms with van der Waals surface area (Å²) in [6.07, 6.45) is 3.32. The Hall–Kier alpha value is -3.20. The zero-order valence-corrected chi connectivity index (χ0v) is 19.1. The van der Waals surface area contributed by atoms with Gasteiger partial charge < -0.3 is 25.1 Å². The number of benzene rings is 1. The summed E-state index contributed by atoms with van der Waals surface area (Å²) >= 11 is 0. The average molecular weight is 459 g/mol. The summed E-state index contributed by atoms with van der Waals surface area (Å²) in [6, 6.07) is 3.08. The van der Waals surface area contributed by atoms with Gasteiger partial charge in [0.1, 0.15) is 11.4 Å². The van der Waals surface area contributed by atoms with E-state index in [1.807, 2.05) is 20.0 Å². The van der Waals surface area contributed by atoms with Gasteiger partial charge in [0.2, 0.25) is 0 Å². The number of nitrogens with one attached hydrogen (secondary N) is 3. The lowest BCUT2D eigenvalue weighted by Gasteiger charge is -2.44. The van der Waals surface area contributed by atoms with Crippen molar-refractivity contribution in [2.45, 2.75) is 33.6 Å². The highest BCUT2D eigenvalue weighted by Crippen LogP contribution is 2.37. The van der Waals surface area contributed by atoms with Crippen molar-refractivity contribution in [3.63, 3.8) is 0 Å². The van der Waals surface area contributed by atoms with E-state index >= 15 is 0 Å². The third-order valence-corrected chi connectivity index (χ3v) is 6.26. The highest BCUT2D eigenvalue weighted by atomic mass is 19.1. The highest BCUT2D eigenvalue weighted by Gasteiger charge is 2.41. The summed E-state index contributed by atoms with van der Waals surface area (Å²) < 4.78 is 40.5. The van der Waals surface area contributed by atoms with Gasteiger partial charge in [0.25, 0.3) is 0 Å². The van der Waals surface area contributed by atoms with Crippen LogP contribution in [0.15, 0.2) is 30.6 Å². The molecule has 4 rings (SSSR count). The SMILES string of the molecule is CC(C)c1c[nH]c2nccc(Oc3c(F)cc(NC(=O)NCC4(C(C)C)COC4)cc3F)c12. The number of H-pyrrole nitrogens is 1. The normalized spacial score (nSPS) is 15.0. The van der Waals surface area contributed by atoms with Gasteiger partial charge in [-0.2, -0.15) is 0 Å². The summed E-state index contributed by atoms with van der Waals surface area (Å²) in [6.45, 7) is 9.71. The monoisotopic (exact) mass is 458 g/mol. The van der Waals surface area contributed by atoms with Gasteiger partial charge in [0, 0.05) is 42.2 Å². The van der Waals surface area contributed by atoms with E-state index in [1.54, 1.807) is 6.07 Å². The second-order valence-corrected chi connectivity index (χ2v) is 9.12. The number of nitrogens with zero attached hydrogens (tertiary/aromatic N) is 1. The number of urea groups is 1. The lowest BCUT2D eigenvalue weighted by molar-refractivity contribution is -0.134. The fourth-order valence-electron chi connectivity index (χ4n) is 3.87. The first-order chi connectivity index (χ1) is 15.7. The van der Waals surface area contributed by atoms with Crippen molar-refractivity contribution in [2.24, 2.45) is 11.3 Å². The molecule has 33 heavy (non-hydrogen) atoms. The van der Waals surface area contributed by atoms with Crippen LogP contribution in [0.1, 0.15) is 39.2 Å². The molecule has 2 aromatic heterocycles. The minimum atomic E-state index is -0.928. The summed E-state index contributed by atoms with van der Waals surface area (Å²) in [5, 5.41) is 5.92. The minimum Gasteiger partial charge on any atom is -0.450 e. The first kappa shape index (κ1) is 23.0. The van der Waals surface area contributed by atoms with Crippen molar-refractivity contribution >= 4 is 22.8 Å². The molecule has 176 valence electrons. The molecule has 3 N–H and O–H groups in total. The molecule has 1 saturated heterocycles. The van der Waals surface area contributed by atoms with Crippen molar-refractivity contribution in [3.05, 3.63) is 47.8 Å². The maximum Gasteiger partial charge on any atom is 0.319 e. The predicted molar refractivity (Wildman–Crippen MR) is 122 cm³/mol. The third kappa shape index (κ3) is 4.50. The number of carbonyl (C=O) groups excluding carboxylic acids is 1. The quantitative estimate of drug-likeness (QED) is 0.433. The number of hydrogen-bond acceptors (Lipinski definition) is 4. The lowest BCUT2D eigenvalue weighted by Crippen LogP contribution is -2.54. The summed E-state index contributed by atoms with van der Waals surface area (Å²) in [5.41, 5.74) is 1.37. The second-order valence-electron chi connectivity index (χ2n) is 9.12. The fraction of sp³-hybridized carbons (Fsp3) is 0.417. The molecular formula is C24H28F2N4O3. The number of hydrogen-bond donors (Lipinski definition) is 3. The molecule has 2 amide bonds. The van der Waals surface area contributed by atoms with Crippen LogP contribution in [0.5, 0.6) is 11.5 Å². The summed E-state index contributed by atoms with van der Waals surface area (Å²) in [5.74, 6) is -1.62. The van der Waals surface area contributed by atoms with E-state index in [0.717, 1.165) is 17.7 Å². The largest absolute Gasteiger partial charge is 0.450 e. The van der Waals surface area contributed by atoms with Crippen LogP contribution < -0.4 is 15.4 Å². The first-order valence-electron chi connectivity index (χ1n) is 11.0. The molecule has 0 radical (unpaired) electrons. The summed E-state index contributed by atoms with van der Waals surface area (Å²) in [4.78, 5) is 19.6. The van der Waals surface area contributed by atoms with E-state index < -0.39 is 23.4 Å². The Labute approximate surface area is 190 Å². The molecule has 0 aliphatic carbocycles. The van der Waals surface area contributed by atoms with Crippen LogP contribution in [-0.2, 0) is 4.74 Å². The number of rotatable bonds is 7. The van der Waals surface area contributed by atoms with Gasteiger partial charge in [0.05, 0.1) is 18.6 Å². The van der Waals surface area contributed by atoms with Crippen molar-refractivity contribution in [1.29, 1.82) is 0 Å². The van der Waals surface area contributed by atoms with Gasteiger partial charge in [-0.1, -0.05) is 27.7 Å². The summed E-state index contributed by atoms with van der Waals surface area (Å²) in [7, 11) is 0. The van der Waals surface area contributed by atoms with Crippen LogP contribution in [0.3, 0.4) is 0 Å². The molecule has 1 aliphatic heterocycles. The number of amides is 2. The van der Waals surface area contributed by atoms with Gasteiger partial charge in [-0.05, 0) is 23.5 Å². The van der Waals surface area contributed by atoms with E-state index in [1.165, 1.54) is 6.20 Å². The van der Waals surface area contributed by atoms with E-state index in [0.29, 0.717) is 42.5 Å². The highest BCUT2D eigenvalue weighted by molar-refractivity contribution is 5.89. The minimum absolute atomic E-state index is 0.0114. The molecule has 9 heteroatoms. The Bertz CT molecular complexity index is 1150. The third-order valence-electron chi connectivity index (χ3n) is 6.26. The molecule has 3 heterocycles. The van der Waals surface area contributed by atoms with E-state index in [4.69, 9.17) is 9.47 Å². The molecule has 1 fully saturated rings. The molecule has 0 atom stereocenters. The van der Waals surface area contributed by atoms with Gasteiger partial charge in [-0.15, -0.1) is 0 Å². The number of ether oxygens (including phenoxy) is 2. The zero-order chi connectivity index (χ0) is 23.8. The molecule has 0 saturated carbocycles. The number of aromatic amines is 1. The van der Waals surface area contributed by atoms with E-state index in [9.17, 15) is 13.6 Å². The van der Waals surface area contributed by atoms with Gasteiger partial charge >= 0.3 is 6.03 Å². The number of halogens is 2. The molecule has 1 aromatic carbocycles. The number of pyridine rings is 1. The predicted octanol–water partition coefficient (Wildman–Crippen LogP) is 5.55. The molecule has 0 bridgehead atoms. The van der Waals surface area contributed by atoms with Crippen molar-refractivity contribution in [3.8, 4) is 11.5 Å². The van der Waals surface area contributed by atoms with Gasteiger partial charge in [-0.25, -0.2) is 18.6 Å². The first-order valence-corrected chi connectivity index (χ1v) is 11.0. The Kier molecular flexibility index (Phi) is 6.25. The van der Waals surface area contributed by atoms with Crippen LogP contribution in [0.25, 0.3) is 11.0 Å². The van der Waals surface area contributed by atoms with Crippen molar-refractivity contribution < 1.29 is 23.0 Å². The fourth-order valence-corrected chi connectivity index (χ4v) is 3.87. The number of aromatic nitrogens is 2. The topological polar surface area (TPSA) is 88.3 Å². The van der Waals surface area contributed by atoms with Crippen molar-refractivity contribution in [2.75, 3.05) is 25.1 Å². The Morgan fingerprint density at radius 1 is 1.24 bits per heavy atom. The standard InChI is InChI=1S/C24H28F2N4O3/c1-13(2)16-9-28-22-20(16)19(5-6-27-22)33-21-17(25)7-15(8-18(21)26)30-23(31)29-10-24(14(3)4)11-32-12-24/h5-9,13-14H,10-12H2,1-4H3,(H,27,28)(H2,29,30,31). The number of fused-ring (bicyclic) bond motifs is 1. The van der Waals surface area contributed by atoms with Crippen LogP contribution in [-0.4, -0.2) is 35.8 Å². The Morgan fingerprint density at radius 3 is 2.52 bits per heavy atom. The molecule has 3 aromatic rings. The molecule has 0 spiro atoms. The second kappa shape index (κ2) is 8.97. The Morgan fingerprint density at radius 2 is 1.94 bits per heavy atom. The Balaban J connectivity index is 1.50. The molecule has 7 nitrogen and oxygen atoms in total. The van der Waals surface area contributed by atoms with E-state index in [2.05, 4.69) is 34.4 Å². The molecular weight excluding hydrogens is 430 g/mol. The maximum atomic E-state index is 14.8. The van der Waals surface area contributed by atoms with Crippen LogP contribution >= 0.6 is 0 Å². The number of anilines is 1. The van der Waals surface area contributed by atoms with Crippen LogP contribution in [0, 0.1) is 23.0 Å². The van der Waals surface area contributed by atoms with Gasteiger partial charge in [-0.3, -0.25) is 0 Å². The maximum absolute atomic E-state index is 14.8. The molecule has 1 aliphatic rings. The van der Waals surface area contributed by atoms with Gasteiger partial charge in [0.15, 0.2) is 17.4 Å². The lowest BCUT2D eigenvalue weighted by atomic mass is 9.75.